The summed E-state index contributed by atoms with van der Waals surface area (Å²) in [6, 6.07) is 8.18. The van der Waals surface area contributed by atoms with Crippen LogP contribution in [-0.4, -0.2) is 73.1 Å². The van der Waals surface area contributed by atoms with Crippen LogP contribution in [0.3, 0.4) is 0 Å². The zero-order chi connectivity index (χ0) is 20.1. The van der Waals surface area contributed by atoms with Gasteiger partial charge in [0.1, 0.15) is 17.6 Å². The van der Waals surface area contributed by atoms with Crippen molar-refractivity contribution >= 4 is 33.2 Å². The Hall–Kier alpha value is -1.42. The van der Waals surface area contributed by atoms with Crippen LogP contribution < -0.4 is 4.74 Å². The fourth-order valence-corrected chi connectivity index (χ4v) is 4.85. The van der Waals surface area contributed by atoms with Crippen molar-refractivity contribution in [2.45, 2.75) is 11.0 Å². The molecule has 0 radical (unpaired) electrons. The van der Waals surface area contributed by atoms with Gasteiger partial charge in [0.25, 0.3) is 0 Å². The van der Waals surface area contributed by atoms with Crippen LogP contribution in [0.4, 0.5) is 0 Å². The molecule has 1 aromatic carbocycles. The second-order valence-electron chi connectivity index (χ2n) is 6.41. The molecule has 1 unspecified atom stereocenters. The molecule has 0 aliphatic carbocycles. The number of hydrogen-bond donors (Lipinski definition) is 1. The Balaban J connectivity index is 1.49. The molecule has 1 aromatic heterocycles. The molecule has 7 nitrogen and oxygen atoms in total. The van der Waals surface area contributed by atoms with Crippen molar-refractivity contribution in [2.24, 2.45) is 0 Å². The van der Waals surface area contributed by atoms with Crippen molar-refractivity contribution in [3.05, 3.63) is 52.8 Å². The predicted octanol–water partition coefficient (Wildman–Crippen LogP) is 2.13. The minimum atomic E-state index is -3.54. The van der Waals surface area contributed by atoms with Gasteiger partial charge in [-0.25, -0.2) is 8.42 Å². The monoisotopic (exact) mass is 445 g/mol. The minimum Gasteiger partial charge on any atom is -0.488 e. The van der Waals surface area contributed by atoms with Gasteiger partial charge >= 0.3 is 0 Å². The van der Waals surface area contributed by atoms with Gasteiger partial charge in [-0.15, -0.1) is 0 Å². The Kier molecular flexibility index (Phi) is 7.14. The summed E-state index contributed by atoms with van der Waals surface area (Å²) in [4.78, 5) is 6.06. The summed E-state index contributed by atoms with van der Waals surface area (Å²) in [5, 5.41) is 11.0. The standard InChI is InChI=1S/C18H21Cl2N3O4S/c19-16-4-1-5-17(20)18(16)27-13-14(24)12-22-7-9-23(10-8-22)28(25,26)15-3-2-6-21-11-15/h1-6,11,14,24H,7-10,12-13H2. The summed E-state index contributed by atoms with van der Waals surface area (Å²) in [5.41, 5.74) is 0. The number of para-hydroxylation sites is 1. The summed E-state index contributed by atoms with van der Waals surface area (Å²) in [6.45, 7) is 2.13. The molecule has 28 heavy (non-hydrogen) atoms. The lowest BCUT2D eigenvalue weighted by atomic mass is 10.3. The quantitative estimate of drug-likeness (QED) is 0.702. The van der Waals surface area contributed by atoms with Crippen LogP contribution in [-0.2, 0) is 10.0 Å². The molecule has 0 bridgehead atoms. The number of rotatable bonds is 7. The highest BCUT2D eigenvalue weighted by atomic mass is 35.5. The van der Waals surface area contributed by atoms with Crippen molar-refractivity contribution in [1.82, 2.24) is 14.2 Å². The minimum absolute atomic E-state index is 0.0393. The Morgan fingerprint density at radius 1 is 1.11 bits per heavy atom. The number of aromatic nitrogens is 1. The maximum absolute atomic E-state index is 12.6. The summed E-state index contributed by atoms with van der Waals surface area (Å²) >= 11 is 12.1. The van der Waals surface area contributed by atoms with E-state index >= 15 is 0 Å². The molecule has 1 aliphatic rings. The van der Waals surface area contributed by atoms with Gasteiger partial charge in [0.2, 0.25) is 10.0 Å². The Morgan fingerprint density at radius 3 is 2.39 bits per heavy atom. The molecule has 1 saturated heterocycles. The second-order valence-corrected chi connectivity index (χ2v) is 9.16. The van der Waals surface area contributed by atoms with E-state index in [1.165, 1.54) is 22.8 Å². The molecule has 2 heterocycles. The van der Waals surface area contributed by atoms with Crippen molar-refractivity contribution in [1.29, 1.82) is 0 Å². The van der Waals surface area contributed by atoms with Crippen molar-refractivity contribution in [3.8, 4) is 5.75 Å². The van der Waals surface area contributed by atoms with E-state index in [2.05, 4.69) is 4.98 Å². The number of halogens is 2. The van der Waals surface area contributed by atoms with E-state index in [0.717, 1.165) is 0 Å². The van der Waals surface area contributed by atoms with E-state index in [-0.39, 0.29) is 11.5 Å². The molecule has 0 saturated carbocycles. The van der Waals surface area contributed by atoms with Crippen LogP contribution in [0.25, 0.3) is 0 Å². The molecular weight excluding hydrogens is 425 g/mol. The average Bonchev–Trinajstić information content (AvgIpc) is 2.69. The first-order valence-corrected chi connectivity index (χ1v) is 10.9. The first-order valence-electron chi connectivity index (χ1n) is 8.75. The number of hydrogen-bond acceptors (Lipinski definition) is 6. The highest BCUT2D eigenvalue weighted by Gasteiger charge is 2.29. The molecule has 3 rings (SSSR count). The van der Waals surface area contributed by atoms with Crippen molar-refractivity contribution in [3.63, 3.8) is 0 Å². The van der Waals surface area contributed by atoms with E-state index in [4.69, 9.17) is 27.9 Å². The van der Waals surface area contributed by atoms with Gasteiger partial charge in [-0.2, -0.15) is 4.31 Å². The zero-order valence-corrected chi connectivity index (χ0v) is 17.4. The molecule has 152 valence electrons. The summed E-state index contributed by atoms with van der Waals surface area (Å²) in [5.74, 6) is 0.345. The van der Waals surface area contributed by atoms with E-state index < -0.39 is 16.1 Å². The molecule has 0 amide bonds. The first kappa shape index (κ1) is 21.3. The Bertz CT molecular complexity index is 871. The van der Waals surface area contributed by atoms with Crippen LogP contribution in [0.2, 0.25) is 10.0 Å². The number of sulfonamides is 1. The van der Waals surface area contributed by atoms with Gasteiger partial charge < -0.3 is 9.84 Å². The Labute approximate surface area is 174 Å². The lowest BCUT2D eigenvalue weighted by molar-refractivity contribution is 0.0569. The lowest BCUT2D eigenvalue weighted by Gasteiger charge is -2.34. The fourth-order valence-electron chi connectivity index (χ4n) is 2.95. The molecule has 10 heteroatoms. The van der Waals surface area contributed by atoms with Crippen LogP contribution in [0, 0.1) is 0 Å². The van der Waals surface area contributed by atoms with Crippen molar-refractivity contribution in [2.75, 3.05) is 39.3 Å². The number of aliphatic hydroxyl groups excluding tert-OH is 1. The number of aliphatic hydroxyl groups is 1. The largest absolute Gasteiger partial charge is 0.488 e. The van der Waals surface area contributed by atoms with E-state index in [1.54, 1.807) is 24.3 Å². The lowest BCUT2D eigenvalue weighted by Crippen LogP contribution is -2.50. The zero-order valence-electron chi connectivity index (χ0n) is 15.0. The summed E-state index contributed by atoms with van der Waals surface area (Å²) in [7, 11) is -3.54. The predicted molar refractivity (Wildman–Crippen MR) is 107 cm³/mol. The summed E-state index contributed by atoms with van der Waals surface area (Å²) in [6.07, 6.45) is 2.13. The smallest absolute Gasteiger partial charge is 0.244 e. The Morgan fingerprint density at radius 2 is 1.79 bits per heavy atom. The summed E-state index contributed by atoms with van der Waals surface area (Å²) < 4.78 is 32.2. The van der Waals surface area contributed by atoms with E-state index in [9.17, 15) is 13.5 Å². The molecule has 1 atom stereocenters. The maximum Gasteiger partial charge on any atom is 0.244 e. The van der Waals surface area contributed by atoms with Crippen LogP contribution in [0.5, 0.6) is 5.75 Å². The number of piperazine rings is 1. The first-order chi connectivity index (χ1) is 13.4. The van der Waals surface area contributed by atoms with Crippen LogP contribution >= 0.6 is 23.2 Å². The molecule has 2 aromatic rings. The maximum atomic E-state index is 12.6. The van der Waals surface area contributed by atoms with Gasteiger partial charge in [-0.05, 0) is 24.3 Å². The van der Waals surface area contributed by atoms with Gasteiger partial charge in [0.15, 0.2) is 5.75 Å². The van der Waals surface area contributed by atoms with E-state index in [0.29, 0.717) is 48.5 Å². The molecule has 1 fully saturated rings. The molecule has 0 spiro atoms. The SMILES string of the molecule is O=S(=O)(c1cccnc1)N1CCN(CC(O)COc2c(Cl)cccc2Cl)CC1. The average molecular weight is 446 g/mol. The third-order valence-corrected chi connectivity index (χ3v) is 6.89. The van der Waals surface area contributed by atoms with E-state index in [1.807, 2.05) is 4.90 Å². The van der Waals surface area contributed by atoms with Gasteiger partial charge in [0.05, 0.1) is 10.0 Å². The van der Waals surface area contributed by atoms with Gasteiger partial charge in [-0.1, -0.05) is 29.3 Å². The van der Waals surface area contributed by atoms with Gasteiger partial charge in [-0.3, -0.25) is 9.88 Å². The number of pyridine rings is 1. The van der Waals surface area contributed by atoms with Crippen LogP contribution in [0.1, 0.15) is 0 Å². The number of β-amino-alcohol motifs (C(OH)–C–C–N with tert-alkyl or cyclic N) is 1. The van der Waals surface area contributed by atoms with Crippen molar-refractivity contribution < 1.29 is 18.3 Å². The number of ether oxygens (including phenoxy) is 1. The highest BCUT2D eigenvalue weighted by Crippen LogP contribution is 2.32. The topological polar surface area (TPSA) is 83.0 Å². The fraction of sp³-hybridized carbons (Fsp3) is 0.389. The number of benzene rings is 1. The second kappa shape index (κ2) is 9.39. The highest BCUT2D eigenvalue weighted by molar-refractivity contribution is 7.89. The molecule has 1 aliphatic heterocycles. The van der Waals surface area contributed by atoms with Crippen LogP contribution in [0.15, 0.2) is 47.6 Å². The third-order valence-electron chi connectivity index (χ3n) is 4.41. The molecule has 1 N–H and O–H groups in total. The van der Waals surface area contributed by atoms with Gasteiger partial charge in [0, 0.05) is 45.1 Å². The number of nitrogens with zero attached hydrogens (tertiary/aromatic N) is 3. The molecular formula is C18H21Cl2N3O4S. The normalized spacial score (nSPS) is 17.4. The third kappa shape index (κ3) is 5.14.